The summed E-state index contributed by atoms with van der Waals surface area (Å²) in [5.74, 6) is 0. The molecule has 1 aromatic heterocycles. The van der Waals surface area contributed by atoms with Gasteiger partial charge in [0.2, 0.25) is 0 Å². The lowest BCUT2D eigenvalue weighted by Gasteiger charge is -2.27. The minimum absolute atomic E-state index is 0.274. The summed E-state index contributed by atoms with van der Waals surface area (Å²) in [4.78, 5) is 6.54. The summed E-state index contributed by atoms with van der Waals surface area (Å²) < 4.78 is 24.4. The minimum atomic E-state index is -3.18. The van der Waals surface area contributed by atoms with Gasteiger partial charge in [-0.1, -0.05) is 47.5 Å². The van der Waals surface area contributed by atoms with E-state index in [0.29, 0.717) is 33.9 Å². The van der Waals surface area contributed by atoms with E-state index < -0.39 is 9.92 Å². The molecule has 4 rings (SSSR count). The van der Waals surface area contributed by atoms with E-state index in [0.717, 1.165) is 18.5 Å². The molecule has 9 heteroatoms. The molecule has 0 bridgehead atoms. The number of fused-ring (bicyclic) bond motifs is 2. The van der Waals surface area contributed by atoms with E-state index in [-0.39, 0.29) is 5.15 Å². The van der Waals surface area contributed by atoms with Crippen LogP contribution in [-0.4, -0.2) is 22.3 Å². The van der Waals surface area contributed by atoms with Gasteiger partial charge in [0.1, 0.15) is 15.1 Å². The predicted molar refractivity (Wildman–Crippen MR) is 131 cm³/mol. The molecule has 2 heterocycles. The molecule has 0 amide bonds. The van der Waals surface area contributed by atoms with Crippen LogP contribution in [0.4, 0.5) is 11.4 Å². The molecule has 1 aliphatic heterocycles. The average molecular weight is 540 g/mol. The molecular formula is C22H21BrCl2N4OS. The Hall–Kier alpha value is -1.64. The van der Waals surface area contributed by atoms with Crippen molar-refractivity contribution in [3.8, 4) is 0 Å². The van der Waals surface area contributed by atoms with Gasteiger partial charge >= 0.3 is 0 Å². The minimum Gasteiger partial charge on any atom is -0.341 e. The van der Waals surface area contributed by atoms with Gasteiger partial charge in [-0.05, 0) is 70.6 Å². The first-order valence-electron chi connectivity index (χ1n) is 9.83. The molecule has 162 valence electrons. The van der Waals surface area contributed by atoms with Crippen LogP contribution in [0.15, 0.2) is 64.1 Å². The molecule has 0 aliphatic carbocycles. The monoisotopic (exact) mass is 538 g/mol. The van der Waals surface area contributed by atoms with Crippen LogP contribution in [0.5, 0.6) is 0 Å². The lowest BCUT2D eigenvalue weighted by Crippen LogP contribution is -2.28. The zero-order valence-electron chi connectivity index (χ0n) is 16.6. The van der Waals surface area contributed by atoms with Gasteiger partial charge in [-0.3, -0.25) is 0 Å². The standard InChI is InChI=1S/C22H21BrCl2N4OS/c23-19-13-18(14-27-22(19)25)31(26,30)28-10-3-11-29-20-5-2-1-4-15(20)6-7-16-8-9-17(24)12-21(16)29/h1-2,4-5,8-9,12-14H,3,6-7,10-11H2,(H2,26,28,30). The SMILES string of the molecule is N=S(=O)(NCCCN1c2ccccc2CCc2ccc(Cl)cc21)c1cnc(Cl)c(Br)c1. The molecule has 3 aromatic rings. The number of pyridine rings is 1. The molecular weight excluding hydrogens is 519 g/mol. The highest BCUT2D eigenvalue weighted by atomic mass is 79.9. The predicted octanol–water partition coefficient (Wildman–Crippen LogP) is 6.39. The first kappa shape index (κ1) is 22.6. The number of aryl methyl sites for hydroxylation is 2. The van der Waals surface area contributed by atoms with E-state index >= 15 is 0 Å². The van der Waals surface area contributed by atoms with Crippen molar-refractivity contribution >= 4 is 60.4 Å². The largest absolute Gasteiger partial charge is 0.341 e. The molecule has 0 saturated carbocycles. The summed E-state index contributed by atoms with van der Waals surface area (Å²) >= 11 is 15.5. The third kappa shape index (κ3) is 5.07. The Labute approximate surface area is 201 Å². The Morgan fingerprint density at radius 3 is 2.61 bits per heavy atom. The zero-order valence-corrected chi connectivity index (χ0v) is 20.5. The van der Waals surface area contributed by atoms with E-state index in [1.165, 1.54) is 23.0 Å². The van der Waals surface area contributed by atoms with E-state index in [4.69, 9.17) is 28.0 Å². The lowest BCUT2D eigenvalue weighted by molar-refractivity contribution is 0.657. The summed E-state index contributed by atoms with van der Waals surface area (Å²) in [6, 6.07) is 16.0. The number of aromatic nitrogens is 1. The molecule has 1 unspecified atom stereocenters. The first-order chi connectivity index (χ1) is 14.8. The highest BCUT2D eigenvalue weighted by molar-refractivity contribution is 9.10. The Bertz CT molecular complexity index is 1220. The van der Waals surface area contributed by atoms with Crippen molar-refractivity contribution < 1.29 is 4.21 Å². The maximum atomic E-state index is 12.8. The Balaban J connectivity index is 1.50. The highest BCUT2D eigenvalue weighted by Gasteiger charge is 2.21. The summed E-state index contributed by atoms with van der Waals surface area (Å²) in [5.41, 5.74) is 4.83. The fourth-order valence-corrected chi connectivity index (χ4v) is 5.58. The van der Waals surface area contributed by atoms with Crippen LogP contribution in [0.3, 0.4) is 0 Å². The number of halogens is 3. The number of benzene rings is 2. The van der Waals surface area contributed by atoms with Gasteiger partial charge in [-0.15, -0.1) is 0 Å². The second-order valence-corrected chi connectivity index (χ2v) is 10.8. The average Bonchev–Trinajstić information content (AvgIpc) is 2.90. The molecule has 0 saturated heterocycles. The smallest absolute Gasteiger partial charge is 0.143 e. The summed E-state index contributed by atoms with van der Waals surface area (Å²) in [5, 5.41) is 0.979. The van der Waals surface area contributed by atoms with Crippen LogP contribution >= 0.6 is 39.1 Å². The Morgan fingerprint density at radius 1 is 1.10 bits per heavy atom. The van der Waals surface area contributed by atoms with E-state index in [2.05, 4.69) is 54.8 Å². The van der Waals surface area contributed by atoms with Crippen LogP contribution < -0.4 is 9.62 Å². The Morgan fingerprint density at radius 2 is 1.84 bits per heavy atom. The normalized spacial score (nSPS) is 15.0. The van der Waals surface area contributed by atoms with Gasteiger partial charge in [0.05, 0.1) is 9.37 Å². The third-order valence-electron chi connectivity index (χ3n) is 5.25. The van der Waals surface area contributed by atoms with Crippen molar-refractivity contribution in [1.82, 2.24) is 9.71 Å². The molecule has 2 N–H and O–H groups in total. The van der Waals surface area contributed by atoms with Gasteiger partial charge in [-0.2, -0.15) is 0 Å². The molecule has 0 fully saturated rings. The number of hydrogen-bond acceptors (Lipinski definition) is 4. The van der Waals surface area contributed by atoms with Crippen LogP contribution in [0.1, 0.15) is 17.5 Å². The molecule has 1 atom stereocenters. The fourth-order valence-electron chi connectivity index (χ4n) is 3.72. The lowest BCUT2D eigenvalue weighted by atomic mass is 10.0. The number of nitrogens with zero attached hydrogens (tertiary/aromatic N) is 2. The van der Waals surface area contributed by atoms with Crippen molar-refractivity contribution in [2.45, 2.75) is 24.2 Å². The van der Waals surface area contributed by atoms with Crippen molar-refractivity contribution in [2.75, 3.05) is 18.0 Å². The first-order valence-corrected chi connectivity index (χ1v) is 12.9. The van der Waals surface area contributed by atoms with Crippen LogP contribution in [0.25, 0.3) is 0 Å². The maximum absolute atomic E-state index is 12.8. The summed E-state index contributed by atoms with van der Waals surface area (Å²) in [6.45, 7) is 1.12. The van der Waals surface area contributed by atoms with E-state index in [1.54, 1.807) is 6.07 Å². The Kier molecular flexibility index (Phi) is 6.89. The molecule has 0 radical (unpaired) electrons. The number of anilines is 2. The third-order valence-corrected chi connectivity index (χ3v) is 8.12. The molecule has 5 nitrogen and oxygen atoms in total. The molecule has 0 spiro atoms. The molecule has 1 aliphatic rings. The van der Waals surface area contributed by atoms with Gasteiger partial charge in [0, 0.05) is 35.7 Å². The fraction of sp³-hybridized carbons (Fsp3) is 0.227. The van der Waals surface area contributed by atoms with Gasteiger partial charge in [-0.25, -0.2) is 18.7 Å². The van der Waals surface area contributed by atoms with Crippen LogP contribution in [-0.2, 0) is 22.8 Å². The van der Waals surface area contributed by atoms with Crippen molar-refractivity contribution in [3.05, 3.63) is 80.5 Å². The van der Waals surface area contributed by atoms with Crippen molar-refractivity contribution in [3.63, 3.8) is 0 Å². The number of nitrogens with one attached hydrogen (secondary N) is 2. The van der Waals surface area contributed by atoms with E-state index in [9.17, 15) is 4.21 Å². The van der Waals surface area contributed by atoms with Crippen LogP contribution in [0.2, 0.25) is 10.2 Å². The number of hydrogen-bond donors (Lipinski definition) is 2. The number of para-hydroxylation sites is 1. The van der Waals surface area contributed by atoms with Crippen molar-refractivity contribution in [1.29, 1.82) is 4.78 Å². The second kappa shape index (κ2) is 9.46. The summed E-state index contributed by atoms with van der Waals surface area (Å²) in [6.07, 6.45) is 3.99. The molecule has 31 heavy (non-hydrogen) atoms. The number of rotatable bonds is 6. The summed E-state index contributed by atoms with van der Waals surface area (Å²) in [7, 11) is -3.18. The van der Waals surface area contributed by atoms with Crippen LogP contribution in [0, 0.1) is 4.78 Å². The van der Waals surface area contributed by atoms with Gasteiger partial charge in [0.25, 0.3) is 0 Å². The van der Waals surface area contributed by atoms with Crippen molar-refractivity contribution in [2.24, 2.45) is 0 Å². The van der Waals surface area contributed by atoms with Gasteiger partial charge in [0.15, 0.2) is 0 Å². The quantitative estimate of drug-likeness (QED) is 0.282. The highest BCUT2D eigenvalue weighted by Crippen LogP contribution is 2.37. The topological polar surface area (TPSA) is 69.1 Å². The maximum Gasteiger partial charge on any atom is 0.143 e. The van der Waals surface area contributed by atoms with Gasteiger partial charge < -0.3 is 4.90 Å². The second-order valence-electron chi connectivity index (χ2n) is 7.30. The molecule has 2 aromatic carbocycles. The zero-order chi connectivity index (χ0) is 22.0. The van der Waals surface area contributed by atoms with E-state index in [1.807, 2.05) is 18.2 Å².